The van der Waals surface area contributed by atoms with Crippen LogP contribution in [0.4, 0.5) is 0 Å². The average molecular weight is 176 g/mol. The molecule has 0 unspecified atom stereocenters. The van der Waals surface area contributed by atoms with Gasteiger partial charge in [-0.2, -0.15) is 22.9 Å². The number of benzene rings is 1. The molecule has 0 aromatic heterocycles. The summed E-state index contributed by atoms with van der Waals surface area (Å²) < 4.78 is 0. The van der Waals surface area contributed by atoms with Crippen LogP contribution in [-0.2, 0) is 0 Å². The molecule has 1 aromatic rings. The van der Waals surface area contributed by atoms with Crippen LogP contribution in [0.5, 0.6) is 5.75 Å². The molecule has 0 saturated heterocycles. The van der Waals surface area contributed by atoms with E-state index in [2.05, 4.69) is 22.9 Å². The molecule has 4 heteroatoms. The van der Waals surface area contributed by atoms with Crippen LogP contribution in [0.3, 0.4) is 0 Å². The molecule has 53 valence electrons. The van der Waals surface area contributed by atoms with Crippen molar-refractivity contribution in [1.82, 2.24) is 0 Å². The van der Waals surface area contributed by atoms with Gasteiger partial charge in [0, 0.05) is 0 Å². The summed E-state index contributed by atoms with van der Waals surface area (Å²) in [7, 11) is 0. The molecule has 0 bridgehead atoms. The molecule has 10 heavy (non-hydrogen) atoms. The molecule has 0 heterocycles. The van der Waals surface area contributed by atoms with Gasteiger partial charge in [0.25, 0.3) is 0 Å². The minimum atomic E-state index is 0.322. The highest BCUT2D eigenvalue weighted by molar-refractivity contribution is 7.22. The Morgan fingerprint density at radius 2 is 1.50 bits per heavy atom. The highest BCUT2D eigenvalue weighted by Crippen LogP contribution is 2.02. The molecule has 0 fully saturated rings. The maximum absolute atomic E-state index is 8.63. The van der Waals surface area contributed by atoms with Gasteiger partial charge in [-0.15, -0.1) is 0 Å². The largest absolute Gasteiger partial charge is 0.508 e. The highest BCUT2D eigenvalue weighted by atomic mass is 35.5. The van der Waals surface area contributed by atoms with Gasteiger partial charge < -0.3 is 5.11 Å². The lowest BCUT2D eigenvalue weighted by Crippen LogP contribution is -1.56. The second-order valence-electron chi connectivity index (χ2n) is 1.42. The normalized spacial score (nSPS) is 7.40. The van der Waals surface area contributed by atoms with E-state index in [0.29, 0.717) is 5.75 Å². The molecule has 1 aromatic carbocycles. The predicted octanol–water partition coefficient (Wildman–Crippen LogP) is 2.39. The van der Waals surface area contributed by atoms with E-state index in [1.807, 2.05) is 6.07 Å². The van der Waals surface area contributed by atoms with E-state index >= 15 is 0 Å². The molecule has 0 aliphatic carbocycles. The van der Waals surface area contributed by atoms with Crippen molar-refractivity contribution in [2.45, 2.75) is 0 Å². The fraction of sp³-hybridized carbons (Fsp3) is 0. The molecular weight excluding hydrogens is 170 g/mol. The zero-order valence-corrected chi connectivity index (χ0v) is 6.68. The van der Waals surface area contributed by atoms with E-state index in [-0.39, 0.29) is 0 Å². The SMILES string of the molecule is Cl[B]Cl.Oc1ccccc1. The second-order valence-corrected chi connectivity index (χ2v) is 2.08. The van der Waals surface area contributed by atoms with E-state index < -0.39 is 0 Å². The Morgan fingerprint density at radius 3 is 1.70 bits per heavy atom. The summed E-state index contributed by atoms with van der Waals surface area (Å²) in [4.78, 5) is 0. The van der Waals surface area contributed by atoms with Crippen LogP contribution < -0.4 is 0 Å². The molecule has 0 aliphatic heterocycles. The molecule has 0 atom stereocenters. The van der Waals surface area contributed by atoms with Crippen molar-refractivity contribution in [2.75, 3.05) is 0 Å². The summed E-state index contributed by atoms with van der Waals surface area (Å²) in [6.45, 7) is 0. The smallest absolute Gasteiger partial charge is 0.357 e. The van der Waals surface area contributed by atoms with Crippen molar-refractivity contribution < 1.29 is 5.11 Å². The molecule has 0 aliphatic rings. The van der Waals surface area contributed by atoms with Crippen LogP contribution in [0, 0.1) is 0 Å². The Bertz CT molecular complexity index is 157. The summed E-state index contributed by atoms with van der Waals surface area (Å²) in [6, 6.07) is 8.71. The molecule has 0 amide bonds. The third kappa shape index (κ3) is 5.80. The van der Waals surface area contributed by atoms with Gasteiger partial charge in [0.05, 0.1) is 0 Å². The Hall–Kier alpha value is -0.335. The maximum Gasteiger partial charge on any atom is 0.357 e. The summed E-state index contributed by atoms with van der Waals surface area (Å²) in [5, 5.41) is 8.63. The number of para-hydroxylation sites is 1. The van der Waals surface area contributed by atoms with E-state index in [1.54, 1.807) is 24.3 Å². The fourth-order valence-corrected chi connectivity index (χ4v) is 0.428. The number of aromatic hydroxyl groups is 1. The highest BCUT2D eigenvalue weighted by Gasteiger charge is 1.74. The summed E-state index contributed by atoms with van der Waals surface area (Å²) >= 11 is 9.28. The molecule has 0 saturated carbocycles. The number of rotatable bonds is 0. The first-order valence-electron chi connectivity index (χ1n) is 2.57. The first kappa shape index (κ1) is 9.66. The number of phenols is 1. The van der Waals surface area contributed by atoms with E-state index in [9.17, 15) is 0 Å². The van der Waals surface area contributed by atoms with Crippen molar-refractivity contribution in [3.63, 3.8) is 0 Å². The van der Waals surface area contributed by atoms with Crippen LogP contribution in [0.25, 0.3) is 0 Å². The number of halogens is 2. The molecule has 0 spiro atoms. The monoisotopic (exact) mass is 175 g/mol. The zero-order chi connectivity index (χ0) is 7.82. The summed E-state index contributed by atoms with van der Waals surface area (Å²) in [5.74, 6) is 0.322. The molecule has 1 rings (SSSR count). The fourth-order valence-electron chi connectivity index (χ4n) is 0.428. The van der Waals surface area contributed by atoms with Crippen LogP contribution in [0.1, 0.15) is 0 Å². The number of hydrogen-bond donors (Lipinski definition) is 1. The Labute approximate surface area is 70.7 Å². The van der Waals surface area contributed by atoms with E-state index in [4.69, 9.17) is 5.11 Å². The molecule has 1 radical (unpaired) electrons. The van der Waals surface area contributed by atoms with Crippen LogP contribution in [-0.4, -0.2) is 11.2 Å². The van der Waals surface area contributed by atoms with Gasteiger partial charge >= 0.3 is 6.11 Å². The van der Waals surface area contributed by atoms with Crippen molar-refractivity contribution in [2.24, 2.45) is 0 Å². The lowest BCUT2D eigenvalue weighted by molar-refractivity contribution is 0.475. The molecule has 1 N–H and O–H groups in total. The topological polar surface area (TPSA) is 20.2 Å². The maximum atomic E-state index is 8.63. The second kappa shape index (κ2) is 6.78. The Kier molecular flexibility index (Phi) is 6.55. The van der Waals surface area contributed by atoms with Crippen molar-refractivity contribution in [3.05, 3.63) is 30.3 Å². The lowest BCUT2D eigenvalue weighted by Gasteiger charge is -1.82. The van der Waals surface area contributed by atoms with Gasteiger partial charge in [0.2, 0.25) is 0 Å². The van der Waals surface area contributed by atoms with Gasteiger partial charge in [-0.1, -0.05) is 18.2 Å². The first-order chi connectivity index (χ1) is 4.81. The van der Waals surface area contributed by atoms with Gasteiger partial charge in [0.15, 0.2) is 0 Å². The van der Waals surface area contributed by atoms with Crippen molar-refractivity contribution in [1.29, 1.82) is 0 Å². The quantitative estimate of drug-likeness (QED) is 0.601. The summed E-state index contributed by atoms with van der Waals surface area (Å²) in [5.41, 5.74) is 0. The van der Waals surface area contributed by atoms with E-state index in [1.165, 1.54) is 0 Å². The van der Waals surface area contributed by atoms with Crippen molar-refractivity contribution in [3.8, 4) is 5.75 Å². The molecule has 1 nitrogen and oxygen atoms in total. The van der Waals surface area contributed by atoms with Crippen LogP contribution in [0.2, 0.25) is 0 Å². The third-order valence-electron chi connectivity index (χ3n) is 0.756. The lowest BCUT2D eigenvalue weighted by atomic mass is 10.3. The number of hydrogen-bond acceptors (Lipinski definition) is 1. The van der Waals surface area contributed by atoms with Gasteiger partial charge in [-0.05, 0) is 12.1 Å². The first-order valence-corrected chi connectivity index (χ1v) is 3.44. The minimum absolute atomic E-state index is 0.322. The Morgan fingerprint density at radius 1 is 1.10 bits per heavy atom. The van der Waals surface area contributed by atoms with Gasteiger partial charge in [-0.25, -0.2) is 0 Å². The van der Waals surface area contributed by atoms with Crippen LogP contribution in [0.15, 0.2) is 30.3 Å². The molecular formula is C6H6BCl2O. The van der Waals surface area contributed by atoms with Crippen molar-refractivity contribution >= 4 is 29.0 Å². The standard InChI is InChI=1S/C6H6O.BCl2/c7-6-4-2-1-3-5-6;2-1-3/h1-5,7H;. The predicted molar refractivity (Wildman–Crippen MR) is 45.6 cm³/mol. The van der Waals surface area contributed by atoms with E-state index in [0.717, 1.165) is 6.11 Å². The summed E-state index contributed by atoms with van der Waals surface area (Å²) in [6.07, 6.45) is 0.944. The third-order valence-corrected chi connectivity index (χ3v) is 0.756. The Balaban J connectivity index is 0.000000236. The number of phenolic OH excluding ortho intramolecular Hbond substituents is 1. The van der Waals surface area contributed by atoms with Gasteiger partial charge in [-0.3, -0.25) is 0 Å². The zero-order valence-electron chi connectivity index (χ0n) is 5.17. The average Bonchev–Trinajstić information content (AvgIpc) is 1.91. The van der Waals surface area contributed by atoms with Crippen LogP contribution >= 0.6 is 22.9 Å². The van der Waals surface area contributed by atoms with Gasteiger partial charge in [0.1, 0.15) is 5.75 Å². The minimum Gasteiger partial charge on any atom is -0.508 e.